The molecule has 0 spiro atoms. The Bertz CT molecular complexity index is 1210. The maximum Gasteiger partial charge on any atom is 0.260 e. The second kappa shape index (κ2) is 9.88. The van der Waals surface area contributed by atoms with Crippen molar-refractivity contribution in [2.75, 3.05) is 50.0 Å². The summed E-state index contributed by atoms with van der Waals surface area (Å²) in [6.45, 7) is 6.92. The van der Waals surface area contributed by atoms with Crippen molar-refractivity contribution in [3.8, 4) is 0 Å². The summed E-state index contributed by atoms with van der Waals surface area (Å²) in [5.41, 5.74) is 1.81. The average Bonchev–Trinajstić information content (AvgIpc) is 2.85. The Labute approximate surface area is 200 Å². The van der Waals surface area contributed by atoms with Gasteiger partial charge < -0.3 is 20.2 Å². The highest BCUT2D eigenvalue weighted by atomic mass is 16.3. The first-order chi connectivity index (χ1) is 16.5. The van der Waals surface area contributed by atoms with Crippen LogP contribution in [0.2, 0.25) is 0 Å². The molecule has 1 saturated carbocycles. The van der Waals surface area contributed by atoms with Crippen molar-refractivity contribution in [3.63, 3.8) is 0 Å². The molecule has 5 rings (SSSR count). The van der Waals surface area contributed by atoms with Gasteiger partial charge in [-0.2, -0.15) is 4.98 Å². The minimum Gasteiger partial charge on any atom is -0.393 e. The normalized spacial score (nSPS) is 21.9. The summed E-state index contributed by atoms with van der Waals surface area (Å²) in [5.74, 6) is 0.568. The third kappa shape index (κ3) is 4.49. The van der Waals surface area contributed by atoms with Crippen LogP contribution in [0.3, 0.4) is 0 Å². The molecule has 2 aromatic heterocycles. The predicted octanol–water partition coefficient (Wildman–Crippen LogP) is 3.38. The third-order valence-electron chi connectivity index (χ3n) is 7.45. The minimum absolute atomic E-state index is 0.0121. The summed E-state index contributed by atoms with van der Waals surface area (Å²) in [6.07, 6.45) is 6.71. The molecule has 8 heteroatoms. The summed E-state index contributed by atoms with van der Waals surface area (Å²) in [4.78, 5) is 28.1. The molecular formula is C26H36N6O2. The number of nitrogens with one attached hydrogen (secondary N) is 1. The van der Waals surface area contributed by atoms with Crippen molar-refractivity contribution in [2.45, 2.75) is 57.6 Å². The lowest BCUT2D eigenvalue weighted by molar-refractivity contribution is 0.111. The van der Waals surface area contributed by atoms with Crippen LogP contribution in [0.5, 0.6) is 0 Å². The molecule has 182 valence electrons. The van der Waals surface area contributed by atoms with E-state index in [0.717, 1.165) is 80.3 Å². The smallest absolute Gasteiger partial charge is 0.260 e. The van der Waals surface area contributed by atoms with E-state index in [1.54, 1.807) is 0 Å². The number of benzene rings is 1. The molecule has 3 heterocycles. The van der Waals surface area contributed by atoms with Gasteiger partial charge in [0.2, 0.25) is 5.95 Å². The number of piperazine rings is 1. The van der Waals surface area contributed by atoms with E-state index in [1.807, 2.05) is 10.8 Å². The van der Waals surface area contributed by atoms with E-state index in [4.69, 9.17) is 4.98 Å². The van der Waals surface area contributed by atoms with Gasteiger partial charge in [0.15, 0.2) is 0 Å². The van der Waals surface area contributed by atoms with Crippen LogP contribution >= 0.6 is 0 Å². The molecule has 1 aliphatic heterocycles. The van der Waals surface area contributed by atoms with Crippen LogP contribution in [-0.2, 0) is 0 Å². The maximum absolute atomic E-state index is 14.0. The zero-order valence-corrected chi connectivity index (χ0v) is 20.3. The van der Waals surface area contributed by atoms with Gasteiger partial charge in [-0.1, -0.05) is 19.4 Å². The molecule has 0 radical (unpaired) electrons. The standard InChI is InChI=1S/C26H36N6O2/c1-3-4-11-27-26-28-17-23-21-10-7-19(31-14-12-30(2)13-15-31)16-22(21)25(34)32(24(23)29-26)18-5-8-20(33)9-6-18/h7,10,16-18,20,33H,3-6,8-9,11-15H2,1-2H3,(H,27,28,29)/t18-,20-. The minimum atomic E-state index is -0.275. The second-order valence-corrected chi connectivity index (χ2v) is 9.87. The van der Waals surface area contributed by atoms with Crippen molar-refractivity contribution < 1.29 is 5.11 Å². The molecule has 1 aromatic carbocycles. The van der Waals surface area contributed by atoms with Gasteiger partial charge in [-0.15, -0.1) is 0 Å². The lowest BCUT2D eigenvalue weighted by atomic mass is 9.92. The van der Waals surface area contributed by atoms with E-state index < -0.39 is 0 Å². The van der Waals surface area contributed by atoms with Gasteiger partial charge in [-0.05, 0) is 56.7 Å². The van der Waals surface area contributed by atoms with Crippen LogP contribution in [0.1, 0.15) is 51.5 Å². The largest absolute Gasteiger partial charge is 0.393 e. The molecule has 0 bridgehead atoms. The van der Waals surface area contributed by atoms with Gasteiger partial charge in [0.1, 0.15) is 5.65 Å². The number of aliphatic hydroxyl groups excluding tert-OH is 1. The fourth-order valence-corrected chi connectivity index (χ4v) is 5.30. The highest BCUT2D eigenvalue weighted by Gasteiger charge is 2.26. The monoisotopic (exact) mass is 464 g/mol. The number of unbranched alkanes of at least 4 members (excludes halogenated alkanes) is 1. The highest BCUT2D eigenvalue weighted by molar-refractivity contribution is 6.05. The number of pyridine rings is 1. The summed E-state index contributed by atoms with van der Waals surface area (Å²) in [6, 6.07) is 6.29. The molecule has 0 unspecified atom stereocenters. The SMILES string of the molecule is CCCCNc1ncc2c3ccc(N4CCN(C)CC4)cc3c(=O)n([C@H]3CC[C@H](O)CC3)c2n1. The Morgan fingerprint density at radius 3 is 2.56 bits per heavy atom. The fraction of sp³-hybridized carbons (Fsp3) is 0.577. The molecule has 1 saturated heterocycles. The van der Waals surface area contributed by atoms with Crippen molar-refractivity contribution in [2.24, 2.45) is 0 Å². The number of aromatic nitrogens is 3. The molecule has 1 aliphatic carbocycles. The summed E-state index contributed by atoms with van der Waals surface area (Å²) < 4.78 is 1.89. The highest BCUT2D eigenvalue weighted by Crippen LogP contribution is 2.33. The Morgan fingerprint density at radius 2 is 1.82 bits per heavy atom. The maximum atomic E-state index is 14.0. The number of anilines is 2. The third-order valence-corrected chi connectivity index (χ3v) is 7.45. The Kier molecular flexibility index (Phi) is 6.70. The first-order valence-electron chi connectivity index (χ1n) is 12.8. The van der Waals surface area contributed by atoms with Crippen molar-refractivity contribution in [1.82, 2.24) is 19.4 Å². The van der Waals surface area contributed by atoms with Crippen LogP contribution in [0.25, 0.3) is 21.8 Å². The summed E-state index contributed by atoms with van der Waals surface area (Å²) in [5, 5.41) is 15.9. The van der Waals surface area contributed by atoms with Crippen LogP contribution in [0, 0.1) is 0 Å². The second-order valence-electron chi connectivity index (χ2n) is 9.87. The number of hydrogen-bond donors (Lipinski definition) is 2. The molecular weight excluding hydrogens is 428 g/mol. The van der Waals surface area contributed by atoms with Crippen molar-refractivity contribution >= 4 is 33.4 Å². The van der Waals surface area contributed by atoms with Gasteiger partial charge in [0, 0.05) is 56.0 Å². The number of likely N-dealkylation sites (N-methyl/N-ethyl adjacent to an activating group) is 1. The van der Waals surface area contributed by atoms with E-state index in [9.17, 15) is 9.90 Å². The van der Waals surface area contributed by atoms with E-state index in [0.29, 0.717) is 24.4 Å². The van der Waals surface area contributed by atoms with E-state index in [2.05, 4.69) is 52.3 Å². The molecule has 0 atom stereocenters. The first-order valence-corrected chi connectivity index (χ1v) is 12.8. The molecule has 2 N–H and O–H groups in total. The molecule has 34 heavy (non-hydrogen) atoms. The van der Waals surface area contributed by atoms with Gasteiger partial charge >= 0.3 is 0 Å². The Morgan fingerprint density at radius 1 is 1.06 bits per heavy atom. The van der Waals surface area contributed by atoms with Gasteiger partial charge in [-0.3, -0.25) is 9.36 Å². The van der Waals surface area contributed by atoms with Crippen LogP contribution in [-0.4, -0.2) is 70.4 Å². The van der Waals surface area contributed by atoms with E-state index in [-0.39, 0.29) is 17.7 Å². The average molecular weight is 465 g/mol. The lowest BCUT2D eigenvalue weighted by Gasteiger charge is -2.34. The van der Waals surface area contributed by atoms with Crippen LogP contribution < -0.4 is 15.8 Å². The fourth-order valence-electron chi connectivity index (χ4n) is 5.30. The Balaban J connectivity index is 1.63. The molecule has 8 nitrogen and oxygen atoms in total. The van der Waals surface area contributed by atoms with E-state index >= 15 is 0 Å². The number of hydrogen-bond acceptors (Lipinski definition) is 7. The summed E-state index contributed by atoms with van der Waals surface area (Å²) in [7, 11) is 2.15. The predicted molar refractivity (Wildman–Crippen MR) is 138 cm³/mol. The van der Waals surface area contributed by atoms with Crippen LogP contribution in [0.15, 0.2) is 29.2 Å². The number of fused-ring (bicyclic) bond motifs is 3. The van der Waals surface area contributed by atoms with E-state index in [1.165, 1.54) is 0 Å². The lowest BCUT2D eigenvalue weighted by Crippen LogP contribution is -2.44. The topological polar surface area (TPSA) is 86.5 Å². The quantitative estimate of drug-likeness (QED) is 0.427. The molecule has 2 fully saturated rings. The van der Waals surface area contributed by atoms with Crippen molar-refractivity contribution in [3.05, 3.63) is 34.7 Å². The number of rotatable bonds is 6. The number of aliphatic hydroxyl groups is 1. The number of nitrogens with zero attached hydrogens (tertiary/aromatic N) is 5. The van der Waals surface area contributed by atoms with Crippen LogP contribution in [0.4, 0.5) is 11.6 Å². The van der Waals surface area contributed by atoms with Crippen molar-refractivity contribution in [1.29, 1.82) is 0 Å². The zero-order valence-electron chi connectivity index (χ0n) is 20.3. The first kappa shape index (κ1) is 23.1. The summed E-state index contributed by atoms with van der Waals surface area (Å²) >= 11 is 0. The molecule has 0 amide bonds. The van der Waals surface area contributed by atoms with Gasteiger partial charge in [-0.25, -0.2) is 4.98 Å². The Hall–Kier alpha value is -2.71. The molecule has 3 aromatic rings. The van der Waals surface area contributed by atoms with Gasteiger partial charge in [0.25, 0.3) is 5.56 Å². The van der Waals surface area contributed by atoms with Gasteiger partial charge in [0.05, 0.1) is 11.5 Å². The zero-order chi connectivity index (χ0) is 23.7. The molecule has 2 aliphatic rings.